The predicted octanol–water partition coefficient (Wildman–Crippen LogP) is 3.51. The van der Waals surface area contributed by atoms with Crippen LogP contribution in [-0.4, -0.2) is 33.6 Å². The Morgan fingerprint density at radius 1 is 1.21 bits per heavy atom. The first-order valence-corrected chi connectivity index (χ1v) is 11.6. The van der Waals surface area contributed by atoms with Crippen LogP contribution >= 0.6 is 0 Å². The highest BCUT2D eigenvalue weighted by Crippen LogP contribution is 2.33. The first-order chi connectivity index (χ1) is 14.0. The monoisotopic (exact) mass is 414 g/mol. The molecule has 1 atom stereocenters. The number of nitrogens with zero attached hydrogens (tertiary/aromatic N) is 1. The van der Waals surface area contributed by atoms with E-state index in [2.05, 4.69) is 11.6 Å². The molecule has 1 N–H and O–H groups in total. The minimum absolute atomic E-state index is 0.00162. The second-order valence-electron chi connectivity index (χ2n) is 7.58. The molecule has 1 fully saturated rings. The van der Waals surface area contributed by atoms with Crippen molar-refractivity contribution in [1.29, 1.82) is 0 Å². The summed E-state index contributed by atoms with van der Waals surface area (Å²) < 4.78 is 33.6. The molecule has 1 unspecified atom stereocenters. The zero-order valence-electron chi connectivity index (χ0n) is 16.6. The second kappa shape index (κ2) is 8.16. The van der Waals surface area contributed by atoms with Crippen LogP contribution in [0, 0.1) is 0 Å². The molecule has 2 aliphatic rings. The van der Waals surface area contributed by atoms with E-state index in [-0.39, 0.29) is 16.9 Å². The van der Waals surface area contributed by atoms with E-state index < -0.39 is 10.0 Å². The predicted molar refractivity (Wildman–Crippen MR) is 113 cm³/mol. The third-order valence-corrected chi connectivity index (χ3v) is 6.87. The molecule has 2 aromatic rings. The van der Waals surface area contributed by atoms with Gasteiger partial charge in [0.15, 0.2) is 0 Å². The third-order valence-electron chi connectivity index (χ3n) is 5.47. The van der Waals surface area contributed by atoms with Crippen molar-refractivity contribution in [2.45, 2.75) is 50.0 Å². The Morgan fingerprint density at radius 2 is 2.00 bits per heavy atom. The summed E-state index contributed by atoms with van der Waals surface area (Å²) in [5.74, 6) is 0.00162. The van der Waals surface area contributed by atoms with Crippen molar-refractivity contribution in [3.63, 3.8) is 0 Å². The van der Waals surface area contributed by atoms with Crippen molar-refractivity contribution in [1.82, 2.24) is 0 Å². The fourth-order valence-corrected chi connectivity index (χ4v) is 5.03. The van der Waals surface area contributed by atoms with E-state index in [4.69, 9.17) is 4.74 Å². The second-order valence-corrected chi connectivity index (χ2v) is 9.27. The minimum atomic E-state index is -3.66. The molecule has 2 aliphatic heterocycles. The highest BCUT2D eigenvalue weighted by Gasteiger charge is 2.32. The topological polar surface area (TPSA) is 75.7 Å². The van der Waals surface area contributed by atoms with E-state index in [0.717, 1.165) is 42.5 Å². The lowest BCUT2D eigenvalue weighted by molar-refractivity contribution is -0.127. The van der Waals surface area contributed by atoms with Gasteiger partial charge in [0.05, 0.1) is 4.90 Å². The van der Waals surface area contributed by atoms with Gasteiger partial charge in [-0.3, -0.25) is 9.52 Å². The molecule has 0 radical (unpaired) electrons. The van der Waals surface area contributed by atoms with Crippen LogP contribution in [0.25, 0.3) is 0 Å². The number of benzene rings is 2. The molecule has 6 nitrogen and oxygen atoms in total. The molecule has 1 saturated heterocycles. The van der Waals surface area contributed by atoms with Crippen molar-refractivity contribution in [3.05, 3.63) is 53.6 Å². The zero-order valence-corrected chi connectivity index (χ0v) is 17.4. The van der Waals surface area contributed by atoms with Gasteiger partial charge in [-0.1, -0.05) is 25.5 Å². The average Bonchev–Trinajstić information content (AvgIpc) is 3.38. The standard InChI is InChI=1S/C22H26N2O4S/c1-2-4-16-6-9-19(10-7-16)29(26,27)23-18-8-11-20-17(15-18)12-13-24(20)22(25)21-5-3-14-28-21/h6-11,15,21,23H,2-5,12-14H2,1H3. The molecule has 0 saturated carbocycles. The minimum Gasteiger partial charge on any atom is -0.368 e. The molecule has 7 heteroatoms. The largest absolute Gasteiger partial charge is 0.368 e. The molecule has 0 bridgehead atoms. The quantitative estimate of drug-likeness (QED) is 0.785. The summed E-state index contributed by atoms with van der Waals surface area (Å²) in [6, 6.07) is 12.3. The van der Waals surface area contributed by atoms with Gasteiger partial charge in [-0.05, 0) is 67.1 Å². The van der Waals surface area contributed by atoms with Crippen LogP contribution in [0.4, 0.5) is 11.4 Å². The van der Waals surface area contributed by atoms with Gasteiger partial charge in [0.1, 0.15) is 6.10 Å². The number of hydrogen-bond donors (Lipinski definition) is 1. The maximum atomic E-state index is 12.7. The normalized spacial score (nSPS) is 18.7. The summed E-state index contributed by atoms with van der Waals surface area (Å²) in [4.78, 5) is 14.7. The molecule has 0 spiro atoms. The molecular weight excluding hydrogens is 388 g/mol. The van der Waals surface area contributed by atoms with Crippen molar-refractivity contribution in [3.8, 4) is 0 Å². The lowest BCUT2D eigenvalue weighted by Gasteiger charge is -2.21. The van der Waals surface area contributed by atoms with Crippen LogP contribution in [0.15, 0.2) is 47.4 Å². The summed E-state index contributed by atoms with van der Waals surface area (Å²) >= 11 is 0. The SMILES string of the molecule is CCCc1ccc(S(=O)(=O)Nc2ccc3c(c2)CCN3C(=O)C2CCCO2)cc1. The summed E-state index contributed by atoms with van der Waals surface area (Å²) in [7, 11) is -3.66. The number of rotatable bonds is 6. The number of carbonyl (C=O) groups is 1. The molecule has 0 aliphatic carbocycles. The van der Waals surface area contributed by atoms with Crippen LogP contribution in [0.3, 0.4) is 0 Å². The Labute approximate surface area is 171 Å². The van der Waals surface area contributed by atoms with Gasteiger partial charge in [0.2, 0.25) is 0 Å². The number of ether oxygens (including phenoxy) is 1. The molecule has 2 aromatic carbocycles. The fourth-order valence-electron chi connectivity index (χ4n) is 3.98. The van der Waals surface area contributed by atoms with E-state index in [0.29, 0.717) is 25.3 Å². The Kier molecular flexibility index (Phi) is 5.61. The lowest BCUT2D eigenvalue weighted by atomic mass is 10.1. The number of fused-ring (bicyclic) bond motifs is 1. The van der Waals surface area contributed by atoms with Gasteiger partial charge >= 0.3 is 0 Å². The van der Waals surface area contributed by atoms with E-state index in [1.54, 1.807) is 23.1 Å². The summed E-state index contributed by atoms with van der Waals surface area (Å²) in [6.07, 6.45) is 3.98. The fraction of sp³-hybridized carbons (Fsp3) is 0.409. The van der Waals surface area contributed by atoms with Crippen LogP contribution in [0.1, 0.15) is 37.3 Å². The van der Waals surface area contributed by atoms with Gasteiger partial charge < -0.3 is 9.64 Å². The van der Waals surface area contributed by atoms with Crippen LogP contribution in [-0.2, 0) is 32.4 Å². The van der Waals surface area contributed by atoms with E-state index >= 15 is 0 Å². The average molecular weight is 415 g/mol. The van der Waals surface area contributed by atoms with Crippen molar-refractivity contribution < 1.29 is 17.9 Å². The molecule has 29 heavy (non-hydrogen) atoms. The van der Waals surface area contributed by atoms with Crippen LogP contribution < -0.4 is 9.62 Å². The van der Waals surface area contributed by atoms with Crippen molar-refractivity contribution in [2.24, 2.45) is 0 Å². The van der Waals surface area contributed by atoms with E-state index in [9.17, 15) is 13.2 Å². The van der Waals surface area contributed by atoms with Gasteiger partial charge in [-0.25, -0.2) is 8.42 Å². The van der Waals surface area contributed by atoms with E-state index in [1.807, 2.05) is 24.3 Å². The molecule has 1 amide bonds. The maximum absolute atomic E-state index is 12.7. The molecule has 0 aromatic heterocycles. The smallest absolute Gasteiger partial charge is 0.261 e. The Bertz CT molecular complexity index is 996. The number of hydrogen-bond acceptors (Lipinski definition) is 4. The number of amides is 1. The van der Waals surface area contributed by atoms with Crippen LogP contribution in [0.5, 0.6) is 0 Å². The highest BCUT2D eigenvalue weighted by molar-refractivity contribution is 7.92. The van der Waals surface area contributed by atoms with Gasteiger partial charge in [-0.2, -0.15) is 0 Å². The Hall–Kier alpha value is -2.38. The Morgan fingerprint density at radius 3 is 2.69 bits per heavy atom. The molecule has 154 valence electrons. The van der Waals surface area contributed by atoms with Crippen molar-refractivity contribution >= 4 is 27.3 Å². The molecular formula is C22H26N2O4S. The van der Waals surface area contributed by atoms with Gasteiger partial charge in [0.25, 0.3) is 15.9 Å². The summed E-state index contributed by atoms with van der Waals surface area (Å²) in [6.45, 7) is 3.33. The number of sulfonamides is 1. The zero-order chi connectivity index (χ0) is 20.4. The number of carbonyl (C=O) groups excluding carboxylic acids is 1. The first kappa shape index (κ1) is 19.9. The van der Waals surface area contributed by atoms with Gasteiger partial charge in [0, 0.05) is 24.5 Å². The van der Waals surface area contributed by atoms with Crippen molar-refractivity contribution in [2.75, 3.05) is 22.8 Å². The summed E-state index contributed by atoms with van der Waals surface area (Å²) in [5.41, 5.74) is 3.44. The summed E-state index contributed by atoms with van der Waals surface area (Å²) in [5, 5.41) is 0. The third kappa shape index (κ3) is 4.16. The Balaban J connectivity index is 1.50. The lowest BCUT2D eigenvalue weighted by Crippen LogP contribution is -2.37. The number of nitrogens with one attached hydrogen (secondary N) is 1. The van der Waals surface area contributed by atoms with E-state index in [1.165, 1.54) is 0 Å². The molecule has 2 heterocycles. The van der Waals surface area contributed by atoms with Crippen LogP contribution in [0.2, 0.25) is 0 Å². The molecule has 4 rings (SSSR count). The number of anilines is 2. The number of aryl methyl sites for hydroxylation is 1. The van der Waals surface area contributed by atoms with Gasteiger partial charge in [-0.15, -0.1) is 0 Å². The first-order valence-electron chi connectivity index (χ1n) is 10.2. The highest BCUT2D eigenvalue weighted by atomic mass is 32.2. The maximum Gasteiger partial charge on any atom is 0.261 e.